The summed E-state index contributed by atoms with van der Waals surface area (Å²) >= 11 is 0. The van der Waals surface area contributed by atoms with E-state index in [1.54, 1.807) is 0 Å². The largest absolute Gasteiger partial charge is 0.396 e. The summed E-state index contributed by atoms with van der Waals surface area (Å²) in [6, 6.07) is 9.34. The number of rotatable bonds is 7. The number of nitrogens with zero attached hydrogens (tertiary/aromatic N) is 2. The molecule has 0 fully saturated rings. The number of carbonyl (C=O) groups excluding carboxylic acids is 1. The van der Waals surface area contributed by atoms with Crippen LogP contribution in [0.1, 0.15) is 44.1 Å². The summed E-state index contributed by atoms with van der Waals surface area (Å²) < 4.78 is 0. The van der Waals surface area contributed by atoms with Crippen molar-refractivity contribution in [3.63, 3.8) is 0 Å². The molecule has 2 atom stereocenters. The van der Waals surface area contributed by atoms with E-state index in [-0.39, 0.29) is 30.0 Å². The number of amides is 2. The van der Waals surface area contributed by atoms with Gasteiger partial charge in [0.1, 0.15) is 12.2 Å². The molecule has 130 valence electrons. The molecule has 1 aromatic heterocycles. The molecule has 0 bridgehead atoms. The van der Waals surface area contributed by atoms with Crippen LogP contribution >= 0.6 is 0 Å². The van der Waals surface area contributed by atoms with E-state index in [0.29, 0.717) is 12.4 Å². The number of benzene rings is 1. The van der Waals surface area contributed by atoms with E-state index in [4.69, 9.17) is 0 Å². The summed E-state index contributed by atoms with van der Waals surface area (Å²) in [5.74, 6) is 0.593. The van der Waals surface area contributed by atoms with E-state index >= 15 is 0 Å². The summed E-state index contributed by atoms with van der Waals surface area (Å²) in [5, 5.41) is 21.9. The first-order valence-electron chi connectivity index (χ1n) is 7.99. The van der Waals surface area contributed by atoms with Crippen LogP contribution in [0.3, 0.4) is 0 Å². The highest BCUT2D eigenvalue weighted by Crippen LogP contribution is 2.34. The summed E-state index contributed by atoms with van der Waals surface area (Å²) in [6.45, 7) is 6.26. The minimum atomic E-state index is -0.356. The zero-order valence-corrected chi connectivity index (χ0v) is 14.3. The molecule has 0 saturated heterocycles. The smallest absolute Gasteiger partial charge is 0.315 e. The molecular formula is C17H25N5O2. The van der Waals surface area contributed by atoms with Gasteiger partial charge in [-0.2, -0.15) is 5.10 Å². The Labute approximate surface area is 141 Å². The maximum Gasteiger partial charge on any atom is 0.315 e. The predicted octanol–water partition coefficient (Wildman–Crippen LogP) is 1.97. The number of urea groups is 1. The molecule has 2 aromatic rings. The van der Waals surface area contributed by atoms with Gasteiger partial charge in [-0.1, -0.05) is 44.2 Å². The van der Waals surface area contributed by atoms with Crippen LogP contribution in [0.15, 0.2) is 36.7 Å². The van der Waals surface area contributed by atoms with Gasteiger partial charge in [0.25, 0.3) is 0 Å². The van der Waals surface area contributed by atoms with Crippen LogP contribution in [0.5, 0.6) is 0 Å². The topological polar surface area (TPSA) is 103 Å². The van der Waals surface area contributed by atoms with Crippen molar-refractivity contribution in [2.24, 2.45) is 5.41 Å². The van der Waals surface area contributed by atoms with Crippen molar-refractivity contribution in [2.45, 2.75) is 32.7 Å². The van der Waals surface area contributed by atoms with Crippen molar-refractivity contribution in [3.05, 3.63) is 48.0 Å². The molecule has 0 aliphatic carbocycles. The van der Waals surface area contributed by atoms with Gasteiger partial charge in [0.05, 0.1) is 6.04 Å². The predicted molar refractivity (Wildman–Crippen MR) is 91.4 cm³/mol. The molecular weight excluding hydrogens is 306 g/mol. The SMILES string of the molecule is CC(NC(=O)NCC(c1ccccc1)C(C)(C)CO)c1ncn[nH]1. The van der Waals surface area contributed by atoms with Gasteiger partial charge in [-0.05, 0) is 17.9 Å². The third-order valence-corrected chi connectivity index (χ3v) is 4.21. The standard InChI is InChI=1S/C17H25N5O2/c1-12(15-19-11-20-22-15)21-16(24)18-9-14(17(2,3)10-23)13-7-5-4-6-8-13/h4-8,11-12,14,23H,9-10H2,1-3H3,(H2,18,21,24)(H,19,20,22). The van der Waals surface area contributed by atoms with E-state index in [9.17, 15) is 9.90 Å². The van der Waals surface area contributed by atoms with E-state index in [1.165, 1.54) is 6.33 Å². The van der Waals surface area contributed by atoms with E-state index in [2.05, 4.69) is 25.8 Å². The highest BCUT2D eigenvalue weighted by molar-refractivity contribution is 5.74. The fraction of sp³-hybridized carbons (Fsp3) is 0.471. The van der Waals surface area contributed by atoms with Crippen molar-refractivity contribution in [2.75, 3.05) is 13.2 Å². The summed E-state index contributed by atoms with van der Waals surface area (Å²) in [6.07, 6.45) is 1.40. The number of aliphatic hydroxyl groups excluding tert-OH is 1. The van der Waals surface area contributed by atoms with Crippen LogP contribution in [0.2, 0.25) is 0 Å². The number of aromatic nitrogens is 3. The van der Waals surface area contributed by atoms with Crippen molar-refractivity contribution in [1.29, 1.82) is 0 Å². The fourth-order valence-corrected chi connectivity index (χ4v) is 2.58. The molecule has 0 aliphatic rings. The first kappa shape index (κ1) is 17.9. The van der Waals surface area contributed by atoms with Gasteiger partial charge in [0.2, 0.25) is 0 Å². The number of aliphatic hydroxyl groups is 1. The van der Waals surface area contributed by atoms with Crippen LogP contribution in [0.4, 0.5) is 4.79 Å². The lowest BCUT2D eigenvalue weighted by Gasteiger charge is -2.33. The number of hydrogen-bond donors (Lipinski definition) is 4. The van der Waals surface area contributed by atoms with Crippen LogP contribution in [-0.2, 0) is 0 Å². The van der Waals surface area contributed by atoms with Crippen molar-refractivity contribution in [1.82, 2.24) is 25.8 Å². The minimum absolute atomic E-state index is 0.00460. The monoisotopic (exact) mass is 331 g/mol. The maximum absolute atomic E-state index is 12.2. The Morgan fingerprint density at radius 2 is 2.04 bits per heavy atom. The zero-order valence-electron chi connectivity index (χ0n) is 14.3. The normalized spacial score (nSPS) is 14.0. The van der Waals surface area contributed by atoms with E-state index in [0.717, 1.165) is 5.56 Å². The van der Waals surface area contributed by atoms with Gasteiger partial charge in [-0.3, -0.25) is 5.10 Å². The molecule has 7 nitrogen and oxygen atoms in total. The Bertz CT molecular complexity index is 628. The molecule has 2 unspecified atom stereocenters. The quantitative estimate of drug-likeness (QED) is 0.623. The van der Waals surface area contributed by atoms with Gasteiger partial charge in [0.15, 0.2) is 0 Å². The maximum atomic E-state index is 12.2. The highest BCUT2D eigenvalue weighted by atomic mass is 16.3. The molecule has 2 amide bonds. The van der Waals surface area contributed by atoms with Crippen LogP contribution in [0.25, 0.3) is 0 Å². The molecule has 0 aliphatic heterocycles. The van der Waals surface area contributed by atoms with Crippen LogP contribution in [0, 0.1) is 5.41 Å². The van der Waals surface area contributed by atoms with E-state index < -0.39 is 0 Å². The van der Waals surface area contributed by atoms with Crippen LogP contribution in [-0.4, -0.2) is 39.5 Å². The average Bonchev–Trinajstić information content (AvgIpc) is 3.10. The summed E-state index contributed by atoms with van der Waals surface area (Å²) in [7, 11) is 0. The van der Waals surface area contributed by atoms with Crippen molar-refractivity contribution < 1.29 is 9.90 Å². The molecule has 24 heavy (non-hydrogen) atoms. The number of carbonyl (C=O) groups is 1. The van der Waals surface area contributed by atoms with Crippen molar-refractivity contribution in [3.8, 4) is 0 Å². The molecule has 2 rings (SSSR count). The Kier molecular flexibility index (Phi) is 5.92. The second-order valence-corrected chi connectivity index (χ2v) is 6.56. The lowest BCUT2D eigenvalue weighted by atomic mass is 9.75. The van der Waals surface area contributed by atoms with Gasteiger partial charge >= 0.3 is 6.03 Å². The molecule has 0 spiro atoms. The molecule has 4 N–H and O–H groups in total. The Morgan fingerprint density at radius 1 is 1.33 bits per heavy atom. The Morgan fingerprint density at radius 3 is 2.62 bits per heavy atom. The Balaban J connectivity index is 1.99. The fourth-order valence-electron chi connectivity index (χ4n) is 2.58. The van der Waals surface area contributed by atoms with Gasteiger partial charge < -0.3 is 15.7 Å². The molecule has 0 saturated carbocycles. The van der Waals surface area contributed by atoms with E-state index in [1.807, 2.05) is 51.1 Å². The first-order chi connectivity index (χ1) is 11.4. The molecule has 1 heterocycles. The lowest BCUT2D eigenvalue weighted by molar-refractivity contribution is 0.129. The highest BCUT2D eigenvalue weighted by Gasteiger charge is 2.30. The van der Waals surface area contributed by atoms with Crippen molar-refractivity contribution >= 4 is 6.03 Å². The summed E-state index contributed by atoms with van der Waals surface area (Å²) in [5.41, 5.74) is 0.727. The molecule has 1 aromatic carbocycles. The minimum Gasteiger partial charge on any atom is -0.396 e. The Hall–Kier alpha value is -2.41. The van der Waals surface area contributed by atoms with Gasteiger partial charge in [-0.25, -0.2) is 9.78 Å². The zero-order chi connectivity index (χ0) is 17.6. The lowest BCUT2D eigenvalue weighted by Crippen LogP contribution is -2.42. The number of nitrogens with one attached hydrogen (secondary N) is 3. The van der Waals surface area contributed by atoms with Crippen LogP contribution < -0.4 is 10.6 Å². The van der Waals surface area contributed by atoms with Gasteiger partial charge in [0, 0.05) is 19.1 Å². The second kappa shape index (κ2) is 7.92. The molecule has 0 radical (unpaired) electrons. The first-order valence-corrected chi connectivity index (χ1v) is 7.99. The third kappa shape index (κ3) is 4.55. The van der Waals surface area contributed by atoms with Gasteiger partial charge in [-0.15, -0.1) is 0 Å². The number of aromatic amines is 1. The molecule has 7 heteroatoms. The number of hydrogen-bond acceptors (Lipinski definition) is 4. The summed E-state index contributed by atoms with van der Waals surface area (Å²) in [4.78, 5) is 16.2. The third-order valence-electron chi connectivity index (χ3n) is 4.21. The number of H-pyrrole nitrogens is 1. The second-order valence-electron chi connectivity index (χ2n) is 6.56. The average molecular weight is 331 g/mol.